The number of pyridine rings is 1. The van der Waals surface area contributed by atoms with Crippen molar-refractivity contribution in [1.82, 2.24) is 30.0 Å². The molecule has 1 fully saturated rings. The number of nitrogen functional groups attached to an aromatic ring is 1. The maximum atomic E-state index is 15.3. The smallest absolute Gasteiger partial charge is 0.247 e. The minimum Gasteiger partial charge on any atom is -0.384 e. The zero-order chi connectivity index (χ0) is 25.0. The van der Waals surface area contributed by atoms with Gasteiger partial charge < -0.3 is 15.6 Å². The van der Waals surface area contributed by atoms with E-state index >= 15 is 4.39 Å². The van der Waals surface area contributed by atoms with E-state index < -0.39 is 11.8 Å². The van der Waals surface area contributed by atoms with Gasteiger partial charge in [-0.05, 0) is 49.1 Å². The summed E-state index contributed by atoms with van der Waals surface area (Å²) in [4.78, 5) is 26.3. The molecule has 1 amide bonds. The molecule has 4 N–H and O–H groups in total. The van der Waals surface area contributed by atoms with Gasteiger partial charge in [-0.2, -0.15) is 9.49 Å². The predicted molar refractivity (Wildman–Crippen MR) is 130 cm³/mol. The zero-order valence-corrected chi connectivity index (χ0v) is 19.6. The van der Waals surface area contributed by atoms with Crippen LogP contribution >= 0.6 is 11.6 Å². The number of carbonyl (C=O) groups is 1. The summed E-state index contributed by atoms with van der Waals surface area (Å²) in [7, 11) is 0. The predicted octanol–water partition coefficient (Wildman–Crippen LogP) is 4.90. The Bertz CT molecular complexity index is 1510. The molecule has 4 aromatic rings. The molecule has 1 aromatic carbocycles. The third-order valence-corrected chi connectivity index (χ3v) is 7.08. The van der Waals surface area contributed by atoms with Crippen LogP contribution in [0.15, 0.2) is 48.8 Å². The average Bonchev–Trinajstić information content (AvgIpc) is 3.61. The summed E-state index contributed by atoms with van der Waals surface area (Å²) in [5, 5.41) is 6.81. The number of imidazole rings is 1. The van der Waals surface area contributed by atoms with E-state index in [4.69, 9.17) is 17.3 Å². The molecule has 8 nitrogen and oxygen atoms in total. The fourth-order valence-corrected chi connectivity index (χ4v) is 5.34. The molecule has 0 saturated carbocycles. The number of nitrogens with zero attached hydrogens (tertiary/aromatic N) is 4. The lowest BCUT2D eigenvalue weighted by Crippen LogP contribution is -2.39. The van der Waals surface area contributed by atoms with Gasteiger partial charge >= 0.3 is 0 Å². The number of anilines is 1. The molecule has 1 saturated heterocycles. The van der Waals surface area contributed by atoms with Crippen LogP contribution in [-0.4, -0.2) is 42.0 Å². The topological polar surface area (TPSA) is 117 Å². The first kappa shape index (κ1) is 22.4. The van der Waals surface area contributed by atoms with Crippen molar-refractivity contribution in [2.75, 3.05) is 5.73 Å². The monoisotopic (exact) mass is 507 g/mol. The highest BCUT2D eigenvalue weighted by Gasteiger charge is 2.42. The molecule has 182 valence electrons. The second-order valence-corrected chi connectivity index (χ2v) is 9.28. The average molecular weight is 508 g/mol. The van der Waals surface area contributed by atoms with Crippen LogP contribution in [0.25, 0.3) is 28.1 Å². The second-order valence-electron chi connectivity index (χ2n) is 8.88. The summed E-state index contributed by atoms with van der Waals surface area (Å²) in [6.07, 6.45) is 6.41. The largest absolute Gasteiger partial charge is 0.384 e. The first-order valence-corrected chi connectivity index (χ1v) is 11.8. The molecular weight excluding hydrogens is 488 g/mol. The molecule has 11 heteroatoms. The number of hydrogen-bond acceptors (Lipinski definition) is 5. The minimum absolute atomic E-state index is 0.0131. The van der Waals surface area contributed by atoms with Crippen LogP contribution in [0.2, 0.25) is 5.02 Å². The number of rotatable bonds is 4. The van der Waals surface area contributed by atoms with Gasteiger partial charge in [0.1, 0.15) is 17.5 Å². The third kappa shape index (κ3) is 3.65. The van der Waals surface area contributed by atoms with Crippen LogP contribution in [0.3, 0.4) is 0 Å². The summed E-state index contributed by atoms with van der Waals surface area (Å²) < 4.78 is 29.6. The number of hydrogen-bond donors (Lipinski definition) is 3. The summed E-state index contributed by atoms with van der Waals surface area (Å²) in [6.45, 7) is 0. The van der Waals surface area contributed by atoms with Crippen LogP contribution in [0.5, 0.6) is 0 Å². The Kier molecular flexibility index (Phi) is 5.33. The van der Waals surface area contributed by atoms with Crippen LogP contribution in [0.4, 0.5) is 14.6 Å². The maximum absolute atomic E-state index is 15.3. The van der Waals surface area contributed by atoms with Gasteiger partial charge in [0.25, 0.3) is 0 Å². The number of aromatic nitrogens is 5. The van der Waals surface area contributed by atoms with Gasteiger partial charge in [-0.15, -0.1) is 0 Å². The van der Waals surface area contributed by atoms with Gasteiger partial charge in [-0.3, -0.25) is 9.89 Å². The number of nitrogens with one attached hydrogen (secondary N) is 2. The van der Waals surface area contributed by atoms with Crippen molar-refractivity contribution in [2.45, 2.75) is 31.3 Å². The Morgan fingerprint density at radius 1 is 1.08 bits per heavy atom. The molecule has 2 aliphatic rings. The highest BCUT2D eigenvalue weighted by Crippen LogP contribution is 2.44. The number of carbonyl (C=O) groups excluding carboxylic acids is 1. The first-order chi connectivity index (χ1) is 17.4. The standard InChI is InChI=1S/C25H20ClF2N7O/c26-16-4-2-14(17-7-8-31-34-17)22(23(16)27)12-9-13-1-5-19(35(13)21(36)10-12)25-30-11-18(32-25)15-3-6-20(29)33-24(15)28/h2-4,6-8,10-11,13,19H,1,5,9H2,(H2,29,33)(H,30,32)(H,31,34)/t13?,19-/m0/s1. The number of amides is 1. The molecule has 0 spiro atoms. The SMILES string of the molecule is Nc1ccc(-c2cnc([C@@H]3CCC4CC(c5c(-c6ccn[nH]6)ccc(Cl)c5F)=CC(=O)N43)[nH]2)c(F)n1. The van der Waals surface area contributed by atoms with Crippen molar-refractivity contribution in [2.24, 2.45) is 0 Å². The highest BCUT2D eigenvalue weighted by atomic mass is 35.5. The van der Waals surface area contributed by atoms with Crippen LogP contribution < -0.4 is 5.73 Å². The molecule has 36 heavy (non-hydrogen) atoms. The maximum Gasteiger partial charge on any atom is 0.247 e. The van der Waals surface area contributed by atoms with E-state index in [9.17, 15) is 9.18 Å². The minimum atomic E-state index is -0.701. The third-order valence-electron chi connectivity index (χ3n) is 6.79. The number of H-pyrrole nitrogens is 2. The number of fused-ring (bicyclic) bond motifs is 1. The fraction of sp³-hybridized carbons (Fsp3) is 0.200. The summed E-state index contributed by atoms with van der Waals surface area (Å²) in [5.41, 5.74) is 8.34. The summed E-state index contributed by atoms with van der Waals surface area (Å²) in [6, 6.07) is 7.55. The van der Waals surface area contributed by atoms with Crippen LogP contribution in [0.1, 0.15) is 36.7 Å². The van der Waals surface area contributed by atoms with Gasteiger partial charge in [0.15, 0.2) is 0 Å². The Hall–Kier alpha value is -4.05. The van der Waals surface area contributed by atoms with Crippen molar-refractivity contribution in [1.29, 1.82) is 0 Å². The zero-order valence-electron chi connectivity index (χ0n) is 18.8. The van der Waals surface area contributed by atoms with Crippen molar-refractivity contribution in [3.05, 3.63) is 77.0 Å². The molecule has 3 aromatic heterocycles. The molecule has 5 heterocycles. The van der Waals surface area contributed by atoms with E-state index in [1.54, 1.807) is 23.2 Å². The van der Waals surface area contributed by atoms with E-state index in [-0.39, 0.29) is 34.4 Å². The number of halogens is 3. The fourth-order valence-electron chi connectivity index (χ4n) is 5.18. The van der Waals surface area contributed by atoms with Crippen molar-refractivity contribution in [3.63, 3.8) is 0 Å². The van der Waals surface area contributed by atoms with Crippen molar-refractivity contribution >= 4 is 28.9 Å². The van der Waals surface area contributed by atoms with Gasteiger partial charge in [0, 0.05) is 29.4 Å². The molecule has 2 atom stereocenters. The Labute approximate surface area is 209 Å². The van der Waals surface area contributed by atoms with Gasteiger partial charge in [-0.1, -0.05) is 17.7 Å². The molecular formula is C25H20ClF2N7O. The molecule has 0 aliphatic carbocycles. The quantitative estimate of drug-likeness (QED) is 0.340. The Morgan fingerprint density at radius 3 is 2.69 bits per heavy atom. The van der Waals surface area contributed by atoms with Crippen molar-refractivity contribution < 1.29 is 13.6 Å². The number of aromatic amines is 2. The van der Waals surface area contributed by atoms with E-state index in [0.29, 0.717) is 53.2 Å². The lowest BCUT2D eigenvalue weighted by Gasteiger charge is -2.33. The number of benzene rings is 1. The molecule has 6 rings (SSSR count). The highest BCUT2D eigenvalue weighted by molar-refractivity contribution is 6.31. The van der Waals surface area contributed by atoms with Gasteiger partial charge in [0.05, 0.1) is 34.2 Å². The summed E-state index contributed by atoms with van der Waals surface area (Å²) >= 11 is 6.12. The lowest BCUT2D eigenvalue weighted by atomic mass is 9.89. The molecule has 2 aliphatic heterocycles. The van der Waals surface area contributed by atoms with Crippen LogP contribution in [0, 0.1) is 11.8 Å². The molecule has 0 bridgehead atoms. The van der Waals surface area contributed by atoms with E-state index in [2.05, 4.69) is 25.1 Å². The van der Waals surface area contributed by atoms with Crippen LogP contribution in [-0.2, 0) is 4.79 Å². The Balaban J connectivity index is 1.33. The normalized spacial score (nSPS) is 19.5. The van der Waals surface area contributed by atoms with Gasteiger partial charge in [-0.25, -0.2) is 14.4 Å². The van der Waals surface area contributed by atoms with Crippen molar-refractivity contribution in [3.8, 4) is 22.5 Å². The first-order valence-electron chi connectivity index (χ1n) is 11.4. The van der Waals surface area contributed by atoms with E-state index in [1.807, 2.05) is 0 Å². The van der Waals surface area contributed by atoms with E-state index in [0.717, 1.165) is 0 Å². The lowest BCUT2D eigenvalue weighted by molar-refractivity contribution is -0.129. The number of nitrogens with two attached hydrogens (primary N) is 1. The van der Waals surface area contributed by atoms with Gasteiger partial charge in [0.2, 0.25) is 11.9 Å². The summed E-state index contributed by atoms with van der Waals surface area (Å²) in [5.74, 6) is -0.866. The Morgan fingerprint density at radius 2 is 1.92 bits per heavy atom. The van der Waals surface area contributed by atoms with E-state index in [1.165, 1.54) is 30.5 Å². The second kappa shape index (κ2) is 8.56. The molecule has 1 unspecified atom stereocenters. The molecule has 0 radical (unpaired) electrons.